The molecule has 3 aromatic carbocycles. The summed E-state index contributed by atoms with van der Waals surface area (Å²) in [5.41, 5.74) is 13.2. The van der Waals surface area contributed by atoms with Crippen LogP contribution >= 0.6 is 0 Å². The molecule has 0 bridgehead atoms. The number of nitrogens with two attached hydrogens (primary N) is 2. The molecule has 0 unspecified atom stereocenters. The number of unbranched alkanes of at least 4 members (excludes halogenated alkanes) is 1. The summed E-state index contributed by atoms with van der Waals surface area (Å²) >= 11 is 0. The Kier molecular flexibility index (Phi) is 12.0. The molecule has 43 heavy (non-hydrogen) atoms. The Morgan fingerprint density at radius 3 is 1.98 bits per heavy atom. The molecule has 0 heterocycles. The minimum atomic E-state index is -4.17. The Morgan fingerprint density at radius 2 is 1.33 bits per heavy atom. The Hall–Kier alpha value is -5.00. The Bertz CT molecular complexity index is 1390. The third kappa shape index (κ3) is 12.2. The van der Waals surface area contributed by atoms with Crippen LogP contribution in [0.25, 0.3) is 6.08 Å². The van der Waals surface area contributed by atoms with Crippen molar-refractivity contribution in [2.24, 2.45) is 0 Å². The summed E-state index contributed by atoms with van der Waals surface area (Å²) in [6, 6.07) is 16.9. The van der Waals surface area contributed by atoms with E-state index in [0.717, 1.165) is 0 Å². The highest BCUT2D eigenvalue weighted by Gasteiger charge is 2.25. The smallest absolute Gasteiger partial charge is 0.389 e. The van der Waals surface area contributed by atoms with Gasteiger partial charge in [-0.2, -0.15) is 13.2 Å². The first kappa shape index (κ1) is 32.5. The van der Waals surface area contributed by atoms with Gasteiger partial charge in [0.05, 0.1) is 30.9 Å². The Morgan fingerprint density at radius 1 is 0.698 bits per heavy atom. The summed E-state index contributed by atoms with van der Waals surface area (Å²) in [5.74, 6) is -1.06. The van der Waals surface area contributed by atoms with E-state index >= 15 is 0 Å². The number of rotatable bonds is 14. The maximum absolute atomic E-state index is 12.4. The van der Waals surface area contributed by atoms with E-state index in [9.17, 15) is 27.6 Å². The van der Waals surface area contributed by atoms with E-state index in [0.29, 0.717) is 29.1 Å². The average molecular weight is 601 g/mol. The van der Waals surface area contributed by atoms with Crippen LogP contribution in [-0.2, 0) is 14.3 Å². The number of ether oxygens (including phenoxy) is 4. The standard InChI is InChI=1S/C31H31F3N2O7/c32-31(33,34)14-1-2-15-40-26-11-7-22(8-12-26)30(39)43-27-9-4-21(5-10-27)6-13-28(37)41-16-3-17-42-29(38)23-18-24(35)20-25(36)19-23/h4-13,18-20H,1-3,14-17,35-36H2/b13-6+. The van der Waals surface area contributed by atoms with Gasteiger partial charge in [0.15, 0.2) is 0 Å². The lowest BCUT2D eigenvalue weighted by Crippen LogP contribution is -2.10. The molecule has 0 aliphatic heterocycles. The normalized spacial score (nSPS) is 11.2. The van der Waals surface area contributed by atoms with Gasteiger partial charge in [-0.25, -0.2) is 14.4 Å². The van der Waals surface area contributed by atoms with Crippen LogP contribution in [0, 0.1) is 0 Å². The van der Waals surface area contributed by atoms with Crippen LogP contribution in [0.5, 0.6) is 11.5 Å². The van der Waals surface area contributed by atoms with E-state index in [1.165, 1.54) is 54.6 Å². The van der Waals surface area contributed by atoms with Gasteiger partial charge in [-0.1, -0.05) is 12.1 Å². The quantitative estimate of drug-likeness (QED) is 0.0751. The molecule has 0 fully saturated rings. The van der Waals surface area contributed by atoms with Crippen LogP contribution in [-0.4, -0.2) is 43.9 Å². The van der Waals surface area contributed by atoms with Crippen molar-refractivity contribution in [3.8, 4) is 11.5 Å². The summed E-state index contributed by atoms with van der Waals surface area (Å²) in [6.07, 6.45) is -1.72. The van der Waals surface area contributed by atoms with E-state index in [-0.39, 0.29) is 49.5 Å². The van der Waals surface area contributed by atoms with E-state index in [2.05, 4.69) is 0 Å². The van der Waals surface area contributed by atoms with Crippen molar-refractivity contribution in [1.29, 1.82) is 0 Å². The second-order valence-electron chi connectivity index (χ2n) is 9.28. The van der Waals surface area contributed by atoms with Crippen molar-refractivity contribution < 1.29 is 46.5 Å². The van der Waals surface area contributed by atoms with Crippen LogP contribution in [0.4, 0.5) is 24.5 Å². The van der Waals surface area contributed by atoms with Gasteiger partial charge in [-0.05, 0) is 79.1 Å². The summed E-state index contributed by atoms with van der Waals surface area (Å²) in [5, 5.41) is 0. The van der Waals surface area contributed by atoms with Gasteiger partial charge >= 0.3 is 24.1 Å². The number of halogens is 3. The van der Waals surface area contributed by atoms with Crippen LogP contribution in [0.2, 0.25) is 0 Å². The molecule has 12 heteroatoms. The van der Waals surface area contributed by atoms with Crippen molar-refractivity contribution >= 4 is 35.4 Å². The zero-order valence-electron chi connectivity index (χ0n) is 23.1. The van der Waals surface area contributed by atoms with E-state index in [1.54, 1.807) is 24.3 Å². The highest BCUT2D eigenvalue weighted by atomic mass is 19.4. The van der Waals surface area contributed by atoms with Crippen LogP contribution in [0.1, 0.15) is 52.0 Å². The fraction of sp³-hybridized carbons (Fsp3) is 0.258. The van der Waals surface area contributed by atoms with E-state index in [4.69, 9.17) is 30.4 Å². The van der Waals surface area contributed by atoms with Gasteiger partial charge in [0.25, 0.3) is 0 Å². The molecule has 0 atom stereocenters. The van der Waals surface area contributed by atoms with Gasteiger partial charge in [0.2, 0.25) is 0 Å². The van der Waals surface area contributed by atoms with Gasteiger partial charge in [-0.15, -0.1) is 0 Å². The number of anilines is 2. The zero-order valence-corrected chi connectivity index (χ0v) is 23.1. The molecule has 9 nitrogen and oxygen atoms in total. The first-order valence-electron chi connectivity index (χ1n) is 13.3. The van der Waals surface area contributed by atoms with Crippen LogP contribution < -0.4 is 20.9 Å². The predicted octanol–water partition coefficient (Wildman–Crippen LogP) is 5.99. The van der Waals surface area contributed by atoms with Crippen molar-refractivity contribution in [3.63, 3.8) is 0 Å². The number of alkyl halides is 3. The monoisotopic (exact) mass is 600 g/mol. The highest BCUT2D eigenvalue weighted by Crippen LogP contribution is 2.23. The molecule has 0 spiro atoms. The molecule has 0 saturated heterocycles. The van der Waals surface area contributed by atoms with Gasteiger partial charge < -0.3 is 30.4 Å². The van der Waals surface area contributed by atoms with Gasteiger partial charge in [-0.3, -0.25) is 0 Å². The zero-order chi connectivity index (χ0) is 31.2. The molecule has 228 valence electrons. The second-order valence-corrected chi connectivity index (χ2v) is 9.28. The number of hydrogen-bond donors (Lipinski definition) is 2. The fourth-order valence-electron chi connectivity index (χ4n) is 3.60. The number of carbonyl (C=O) groups is 3. The number of nitrogen functional groups attached to an aromatic ring is 2. The minimum Gasteiger partial charge on any atom is -0.494 e. The highest BCUT2D eigenvalue weighted by molar-refractivity contribution is 5.92. The molecule has 0 aliphatic carbocycles. The third-order valence-electron chi connectivity index (χ3n) is 5.70. The summed E-state index contributed by atoms with van der Waals surface area (Å²) < 4.78 is 57.5. The van der Waals surface area contributed by atoms with E-state index in [1.807, 2.05) is 0 Å². The molecule has 3 rings (SSSR count). The lowest BCUT2D eigenvalue weighted by Gasteiger charge is -2.09. The van der Waals surface area contributed by atoms with Gasteiger partial charge in [0, 0.05) is 30.3 Å². The molecule has 0 saturated carbocycles. The second kappa shape index (κ2) is 15.9. The largest absolute Gasteiger partial charge is 0.494 e. The molecule has 0 aliphatic rings. The topological polar surface area (TPSA) is 140 Å². The molecule has 0 radical (unpaired) electrons. The van der Waals surface area contributed by atoms with E-state index < -0.39 is 30.5 Å². The molecule has 0 aromatic heterocycles. The number of benzene rings is 3. The fourth-order valence-corrected chi connectivity index (χ4v) is 3.60. The SMILES string of the molecule is Nc1cc(N)cc(C(=O)OCCCOC(=O)/C=C/c2ccc(OC(=O)c3ccc(OCCCCC(F)(F)F)cc3)cc2)c1. The van der Waals surface area contributed by atoms with Crippen LogP contribution in [0.3, 0.4) is 0 Å². The van der Waals surface area contributed by atoms with Crippen molar-refractivity contribution in [2.75, 3.05) is 31.3 Å². The Balaban J connectivity index is 1.34. The van der Waals surface area contributed by atoms with Gasteiger partial charge in [0.1, 0.15) is 11.5 Å². The first-order chi connectivity index (χ1) is 20.5. The minimum absolute atomic E-state index is 0.0174. The summed E-state index contributed by atoms with van der Waals surface area (Å²) in [6.45, 7) is 0.217. The molecule has 4 N–H and O–H groups in total. The molecule has 3 aromatic rings. The van der Waals surface area contributed by atoms with Crippen molar-refractivity contribution in [1.82, 2.24) is 0 Å². The Labute approximate surface area is 246 Å². The number of hydrogen-bond acceptors (Lipinski definition) is 9. The lowest BCUT2D eigenvalue weighted by molar-refractivity contribution is -0.138. The summed E-state index contributed by atoms with van der Waals surface area (Å²) in [4.78, 5) is 36.4. The summed E-state index contributed by atoms with van der Waals surface area (Å²) in [7, 11) is 0. The number of carbonyl (C=O) groups excluding carboxylic acids is 3. The number of esters is 3. The maximum Gasteiger partial charge on any atom is 0.389 e. The first-order valence-corrected chi connectivity index (χ1v) is 13.3. The molecule has 0 amide bonds. The molecular weight excluding hydrogens is 569 g/mol. The predicted molar refractivity (Wildman–Crippen MR) is 153 cm³/mol. The third-order valence-corrected chi connectivity index (χ3v) is 5.70. The maximum atomic E-state index is 12.4. The van der Waals surface area contributed by atoms with Crippen molar-refractivity contribution in [3.05, 3.63) is 89.5 Å². The molecular formula is C31H31F3N2O7. The average Bonchev–Trinajstić information content (AvgIpc) is 2.95. The van der Waals surface area contributed by atoms with Crippen molar-refractivity contribution in [2.45, 2.75) is 31.9 Å². The lowest BCUT2D eigenvalue weighted by atomic mass is 10.2. The van der Waals surface area contributed by atoms with Crippen LogP contribution in [0.15, 0.2) is 72.8 Å².